The minimum Gasteiger partial charge on any atom is -0.459 e. The molecule has 1 aliphatic rings. The molecule has 7 heteroatoms. The number of hydrogen-bond donors (Lipinski definition) is 2. The number of ether oxygens (including phenoxy) is 3. The lowest BCUT2D eigenvalue weighted by Gasteiger charge is -2.43. The van der Waals surface area contributed by atoms with E-state index in [9.17, 15) is 14.7 Å². The molecule has 1 aliphatic heterocycles. The van der Waals surface area contributed by atoms with Gasteiger partial charge in [0.1, 0.15) is 24.9 Å². The summed E-state index contributed by atoms with van der Waals surface area (Å²) >= 11 is 0. The molecule has 0 aromatic carbocycles. The van der Waals surface area contributed by atoms with E-state index in [0.717, 1.165) is 0 Å². The van der Waals surface area contributed by atoms with Gasteiger partial charge in [-0.3, -0.25) is 4.79 Å². The van der Waals surface area contributed by atoms with Crippen molar-refractivity contribution >= 4 is 11.9 Å². The highest BCUT2D eigenvalue weighted by atomic mass is 16.6. The van der Waals surface area contributed by atoms with Crippen molar-refractivity contribution in [2.24, 2.45) is 0 Å². The van der Waals surface area contributed by atoms with Gasteiger partial charge in [-0.25, -0.2) is 4.79 Å². The predicted octanol–water partition coefficient (Wildman–Crippen LogP) is -0.226. The number of aliphatic hydroxyl groups excluding tert-OH is 1. The molecule has 1 saturated heterocycles. The van der Waals surface area contributed by atoms with Crippen molar-refractivity contribution in [3.05, 3.63) is 12.2 Å². The topological polar surface area (TPSA) is 94.1 Å². The Labute approximate surface area is 124 Å². The van der Waals surface area contributed by atoms with Crippen molar-refractivity contribution < 1.29 is 28.9 Å². The van der Waals surface area contributed by atoms with E-state index in [1.807, 2.05) is 0 Å². The van der Waals surface area contributed by atoms with Gasteiger partial charge in [-0.05, 0) is 13.8 Å². The van der Waals surface area contributed by atoms with Gasteiger partial charge in [0.05, 0.1) is 12.1 Å². The van der Waals surface area contributed by atoms with Crippen LogP contribution in [0.1, 0.15) is 20.8 Å². The summed E-state index contributed by atoms with van der Waals surface area (Å²) in [5.74, 6) is -0.795. The smallest absolute Gasteiger partial charge is 0.333 e. The van der Waals surface area contributed by atoms with Crippen LogP contribution in [0.4, 0.5) is 0 Å². The number of nitrogens with one attached hydrogen (secondary N) is 1. The summed E-state index contributed by atoms with van der Waals surface area (Å²) in [6, 6.07) is -0.583. The van der Waals surface area contributed by atoms with Crippen LogP contribution in [0.5, 0.6) is 0 Å². The Morgan fingerprint density at radius 2 is 2.00 bits per heavy atom. The van der Waals surface area contributed by atoms with E-state index in [2.05, 4.69) is 11.9 Å². The maximum Gasteiger partial charge on any atom is 0.333 e. The second-order valence-corrected chi connectivity index (χ2v) is 5.18. The van der Waals surface area contributed by atoms with Crippen molar-refractivity contribution in [3.8, 4) is 0 Å². The molecule has 0 spiro atoms. The third-order valence-electron chi connectivity index (χ3n) is 3.34. The molecule has 21 heavy (non-hydrogen) atoms. The van der Waals surface area contributed by atoms with Gasteiger partial charge in [-0.15, -0.1) is 0 Å². The molecule has 1 rings (SSSR count). The summed E-state index contributed by atoms with van der Waals surface area (Å²) in [5, 5.41) is 12.9. The number of methoxy groups -OCH3 is 1. The summed E-state index contributed by atoms with van der Waals surface area (Å²) in [7, 11) is 1.42. The standard InChI is InChI=1S/C14H23NO6/c1-7(2)14(18)20-6-10-13(19-5)12(17)11(8(3)21-10)15-9(4)16/h8,10-13,17H,1,6H2,2-5H3,(H,15,16)/t8-,10?,11?,12+,13?/m0/s1. The van der Waals surface area contributed by atoms with Crippen LogP contribution < -0.4 is 5.32 Å². The summed E-state index contributed by atoms with van der Waals surface area (Å²) < 4.78 is 16.0. The summed E-state index contributed by atoms with van der Waals surface area (Å²) in [5.41, 5.74) is 0.282. The van der Waals surface area contributed by atoms with E-state index >= 15 is 0 Å². The minimum absolute atomic E-state index is 0.0572. The van der Waals surface area contributed by atoms with Gasteiger partial charge in [0.15, 0.2) is 0 Å². The number of carbonyl (C=O) groups is 2. The highest BCUT2D eigenvalue weighted by Gasteiger charge is 2.44. The zero-order chi connectivity index (χ0) is 16.2. The monoisotopic (exact) mass is 301 g/mol. The van der Waals surface area contributed by atoms with Crippen LogP contribution in [-0.4, -0.2) is 61.2 Å². The highest BCUT2D eigenvalue weighted by molar-refractivity contribution is 5.86. The fourth-order valence-electron chi connectivity index (χ4n) is 2.28. The van der Waals surface area contributed by atoms with Crippen LogP contribution in [0.2, 0.25) is 0 Å². The summed E-state index contributed by atoms with van der Waals surface area (Å²) in [6.07, 6.45) is -2.73. The van der Waals surface area contributed by atoms with E-state index < -0.39 is 36.4 Å². The lowest BCUT2D eigenvalue weighted by atomic mass is 9.93. The van der Waals surface area contributed by atoms with E-state index in [1.54, 1.807) is 13.8 Å². The van der Waals surface area contributed by atoms with Crippen molar-refractivity contribution in [2.75, 3.05) is 13.7 Å². The second-order valence-electron chi connectivity index (χ2n) is 5.18. The molecule has 1 heterocycles. The number of amides is 1. The first-order valence-electron chi connectivity index (χ1n) is 6.74. The lowest BCUT2D eigenvalue weighted by Crippen LogP contribution is -2.63. The molecule has 120 valence electrons. The first-order chi connectivity index (χ1) is 9.77. The third-order valence-corrected chi connectivity index (χ3v) is 3.34. The normalized spacial score (nSPS) is 32.3. The Balaban J connectivity index is 2.73. The van der Waals surface area contributed by atoms with Gasteiger partial charge < -0.3 is 24.6 Å². The molecule has 1 fully saturated rings. The van der Waals surface area contributed by atoms with Gasteiger partial charge in [0, 0.05) is 19.6 Å². The summed E-state index contributed by atoms with van der Waals surface area (Å²) in [6.45, 7) is 8.06. The van der Waals surface area contributed by atoms with Crippen LogP contribution in [-0.2, 0) is 23.8 Å². The van der Waals surface area contributed by atoms with Gasteiger partial charge >= 0.3 is 5.97 Å². The fourth-order valence-corrected chi connectivity index (χ4v) is 2.28. The molecule has 5 atom stereocenters. The Bertz CT molecular complexity index is 410. The molecule has 0 aromatic rings. The molecule has 0 radical (unpaired) electrons. The van der Waals surface area contributed by atoms with Crippen LogP contribution in [0, 0.1) is 0 Å². The molecule has 2 N–H and O–H groups in total. The fraction of sp³-hybridized carbons (Fsp3) is 0.714. The quantitative estimate of drug-likeness (QED) is 0.538. The molecule has 7 nitrogen and oxygen atoms in total. The van der Waals surface area contributed by atoms with Gasteiger partial charge in [-0.2, -0.15) is 0 Å². The zero-order valence-electron chi connectivity index (χ0n) is 12.8. The van der Waals surface area contributed by atoms with Gasteiger partial charge in [-0.1, -0.05) is 6.58 Å². The van der Waals surface area contributed by atoms with Crippen LogP contribution >= 0.6 is 0 Å². The predicted molar refractivity (Wildman–Crippen MR) is 74.5 cm³/mol. The number of aliphatic hydroxyl groups is 1. The van der Waals surface area contributed by atoms with Gasteiger partial charge in [0.2, 0.25) is 5.91 Å². The van der Waals surface area contributed by atoms with E-state index in [4.69, 9.17) is 14.2 Å². The molecule has 0 bridgehead atoms. The van der Waals surface area contributed by atoms with Crippen molar-refractivity contribution in [1.29, 1.82) is 0 Å². The average Bonchev–Trinajstić information content (AvgIpc) is 2.40. The molecule has 0 aliphatic carbocycles. The second kappa shape index (κ2) is 7.53. The maximum atomic E-state index is 11.4. The SMILES string of the molecule is C=C(C)C(=O)OCC1O[C@@H](C)C(NC(C)=O)[C@@H](O)C1OC. The van der Waals surface area contributed by atoms with Crippen molar-refractivity contribution in [3.63, 3.8) is 0 Å². The first kappa shape index (κ1) is 17.6. The van der Waals surface area contributed by atoms with Crippen LogP contribution in [0.15, 0.2) is 12.2 Å². The van der Waals surface area contributed by atoms with Gasteiger partial charge in [0.25, 0.3) is 0 Å². The van der Waals surface area contributed by atoms with E-state index in [1.165, 1.54) is 14.0 Å². The Kier molecular flexibility index (Phi) is 6.32. The van der Waals surface area contributed by atoms with Crippen molar-refractivity contribution in [2.45, 2.75) is 51.2 Å². The first-order valence-corrected chi connectivity index (χ1v) is 6.74. The zero-order valence-corrected chi connectivity index (χ0v) is 12.8. The number of carbonyl (C=O) groups excluding carboxylic acids is 2. The molecular weight excluding hydrogens is 278 g/mol. The maximum absolute atomic E-state index is 11.4. The van der Waals surface area contributed by atoms with E-state index in [0.29, 0.717) is 0 Å². The average molecular weight is 301 g/mol. The van der Waals surface area contributed by atoms with Crippen molar-refractivity contribution in [1.82, 2.24) is 5.32 Å². The lowest BCUT2D eigenvalue weighted by molar-refractivity contribution is -0.204. The molecule has 3 unspecified atom stereocenters. The Hall–Kier alpha value is -1.44. The molecule has 0 aromatic heterocycles. The highest BCUT2D eigenvalue weighted by Crippen LogP contribution is 2.23. The molecule has 1 amide bonds. The number of rotatable bonds is 5. The largest absolute Gasteiger partial charge is 0.459 e. The molecular formula is C14H23NO6. The van der Waals surface area contributed by atoms with Crippen LogP contribution in [0.25, 0.3) is 0 Å². The summed E-state index contributed by atoms with van der Waals surface area (Å²) in [4.78, 5) is 22.6. The number of hydrogen-bond acceptors (Lipinski definition) is 6. The van der Waals surface area contributed by atoms with E-state index in [-0.39, 0.29) is 18.1 Å². The minimum atomic E-state index is -0.962. The Morgan fingerprint density at radius 1 is 1.38 bits per heavy atom. The number of esters is 1. The third kappa shape index (κ3) is 4.52. The molecule has 0 saturated carbocycles. The Morgan fingerprint density at radius 3 is 2.48 bits per heavy atom. The van der Waals surface area contributed by atoms with Crippen LogP contribution in [0.3, 0.4) is 0 Å².